The minimum Gasteiger partial charge on any atom is -0.486 e. The smallest absolute Gasteiger partial charge is 0.234 e. The summed E-state index contributed by atoms with van der Waals surface area (Å²) in [5, 5.41) is 12.0. The van der Waals surface area contributed by atoms with Gasteiger partial charge in [-0.15, -0.1) is 10.2 Å². The lowest BCUT2D eigenvalue weighted by Gasteiger charge is -2.10. The zero-order chi connectivity index (χ0) is 21.7. The molecule has 0 aliphatic carbocycles. The van der Waals surface area contributed by atoms with Crippen molar-refractivity contribution in [3.05, 3.63) is 64.4 Å². The van der Waals surface area contributed by atoms with Crippen molar-refractivity contribution in [1.29, 1.82) is 0 Å². The normalized spacial score (nSPS) is 11.0. The van der Waals surface area contributed by atoms with E-state index in [1.54, 1.807) is 18.2 Å². The highest BCUT2D eigenvalue weighted by atomic mass is 35.5. The number of nitrogen functional groups attached to an aromatic ring is 1. The molecule has 0 aliphatic heterocycles. The average molecular weight is 446 g/mol. The Hall–Kier alpha value is -2.71. The molecule has 1 amide bonds. The van der Waals surface area contributed by atoms with E-state index >= 15 is 0 Å². The molecular formula is C21H24ClN5O2S. The number of hydrogen-bond donors (Lipinski definition) is 2. The summed E-state index contributed by atoms with van der Waals surface area (Å²) in [5.41, 5.74) is 2.74. The number of halogens is 1. The quantitative estimate of drug-likeness (QED) is 0.394. The third-order valence-electron chi connectivity index (χ3n) is 4.52. The van der Waals surface area contributed by atoms with Crippen LogP contribution in [0.2, 0.25) is 5.02 Å². The zero-order valence-corrected chi connectivity index (χ0v) is 18.6. The Kier molecular flexibility index (Phi) is 7.23. The van der Waals surface area contributed by atoms with Gasteiger partial charge < -0.3 is 15.9 Å². The van der Waals surface area contributed by atoms with Crippen molar-refractivity contribution in [3.8, 4) is 5.75 Å². The van der Waals surface area contributed by atoms with E-state index in [1.807, 2.05) is 31.2 Å². The molecule has 0 bridgehead atoms. The molecule has 9 heteroatoms. The largest absolute Gasteiger partial charge is 0.486 e. The molecule has 0 spiro atoms. The summed E-state index contributed by atoms with van der Waals surface area (Å²) in [4.78, 5) is 12.3. The van der Waals surface area contributed by atoms with Crippen LogP contribution in [0.5, 0.6) is 5.75 Å². The summed E-state index contributed by atoms with van der Waals surface area (Å²) >= 11 is 7.28. The highest BCUT2D eigenvalue weighted by Gasteiger charge is 2.14. The van der Waals surface area contributed by atoms with E-state index in [4.69, 9.17) is 22.2 Å². The number of nitrogens with two attached hydrogens (primary N) is 1. The van der Waals surface area contributed by atoms with Crippen LogP contribution in [0.15, 0.2) is 47.6 Å². The Balaban J connectivity index is 1.53. The fraction of sp³-hybridized carbons (Fsp3) is 0.286. The standard InChI is InChI=1S/C21H24ClN5O2S/c1-13(2)15-7-9-16(10-8-15)29-11-19-25-26-21(27(19)23)30-12-20(28)24-18-6-4-5-17(22)14(18)3/h4-10,13H,11-12,23H2,1-3H3,(H,24,28). The van der Waals surface area contributed by atoms with Gasteiger partial charge in [-0.1, -0.05) is 55.4 Å². The summed E-state index contributed by atoms with van der Waals surface area (Å²) in [6.45, 7) is 6.31. The van der Waals surface area contributed by atoms with E-state index in [1.165, 1.54) is 22.0 Å². The number of amides is 1. The lowest BCUT2D eigenvalue weighted by molar-refractivity contribution is -0.113. The molecule has 0 radical (unpaired) electrons. The van der Waals surface area contributed by atoms with Gasteiger partial charge in [-0.3, -0.25) is 4.79 Å². The van der Waals surface area contributed by atoms with Crippen LogP contribution in [0, 0.1) is 6.92 Å². The summed E-state index contributed by atoms with van der Waals surface area (Å²) < 4.78 is 7.08. The fourth-order valence-corrected chi connectivity index (χ4v) is 3.51. The maximum atomic E-state index is 12.3. The predicted molar refractivity (Wildman–Crippen MR) is 121 cm³/mol. The van der Waals surface area contributed by atoms with Gasteiger partial charge in [0.05, 0.1) is 5.75 Å². The summed E-state index contributed by atoms with van der Waals surface area (Å²) in [6, 6.07) is 13.3. The summed E-state index contributed by atoms with van der Waals surface area (Å²) in [7, 11) is 0. The van der Waals surface area contributed by atoms with Crippen molar-refractivity contribution >= 4 is 35.0 Å². The molecule has 3 aromatic rings. The molecule has 30 heavy (non-hydrogen) atoms. The summed E-state index contributed by atoms with van der Waals surface area (Å²) in [6.07, 6.45) is 0. The summed E-state index contributed by atoms with van der Waals surface area (Å²) in [5.74, 6) is 7.67. The van der Waals surface area contributed by atoms with Crippen molar-refractivity contribution in [2.45, 2.75) is 38.5 Å². The van der Waals surface area contributed by atoms with Gasteiger partial charge in [0, 0.05) is 10.7 Å². The molecule has 1 aromatic heterocycles. The highest BCUT2D eigenvalue weighted by Crippen LogP contribution is 2.24. The number of carbonyl (C=O) groups excluding carboxylic acids is 1. The molecule has 7 nitrogen and oxygen atoms in total. The van der Waals surface area contributed by atoms with Gasteiger partial charge in [0.25, 0.3) is 0 Å². The topological polar surface area (TPSA) is 95.1 Å². The molecule has 0 fully saturated rings. The van der Waals surface area contributed by atoms with Crippen LogP contribution >= 0.6 is 23.4 Å². The Labute approximate surface area is 184 Å². The van der Waals surface area contributed by atoms with Gasteiger partial charge in [0.1, 0.15) is 12.4 Å². The van der Waals surface area contributed by atoms with Crippen LogP contribution in [-0.4, -0.2) is 26.5 Å². The molecule has 0 atom stereocenters. The van der Waals surface area contributed by atoms with Crippen LogP contribution < -0.4 is 15.9 Å². The lowest BCUT2D eigenvalue weighted by Crippen LogP contribution is -2.18. The van der Waals surface area contributed by atoms with Crippen molar-refractivity contribution < 1.29 is 9.53 Å². The Morgan fingerprint density at radius 2 is 1.97 bits per heavy atom. The second-order valence-corrected chi connectivity index (χ2v) is 8.38. The number of anilines is 1. The first kappa shape index (κ1) is 22.0. The van der Waals surface area contributed by atoms with Crippen molar-refractivity contribution in [3.63, 3.8) is 0 Å². The molecule has 0 saturated carbocycles. The van der Waals surface area contributed by atoms with Gasteiger partial charge in [-0.05, 0) is 48.2 Å². The number of nitrogens with one attached hydrogen (secondary N) is 1. The van der Waals surface area contributed by atoms with Crippen molar-refractivity contribution in [2.24, 2.45) is 0 Å². The third-order valence-corrected chi connectivity index (χ3v) is 5.88. The fourth-order valence-electron chi connectivity index (χ4n) is 2.66. The van der Waals surface area contributed by atoms with Crippen LogP contribution in [0.3, 0.4) is 0 Å². The van der Waals surface area contributed by atoms with Gasteiger partial charge in [0.15, 0.2) is 5.82 Å². The molecule has 2 aromatic carbocycles. The number of rotatable bonds is 8. The Bertz CT molecular complexity index is 1020. The van der Waals surface area contributed by atoms with E-state index in [9.17, 15) is 4.79 Å². The zero-order valence-electron chi connectivity index (χ0n) is 17.1. The van der Waals surface area contributed by atoms with Gasteiger partial charge in [0.2, 0.25) is 11.1 Å². The molecule has 3 N–H and O–H groups in total. The number of nitrogens with zero attached hydrogens (tertiary/aromatic N) is 3. The van der Waals surface area contributed by atoms with Gasteiger partial charge >= 0.3 is 0 Å². The predicted octanol–water partition coefficient (Wildman–Crippen LogP) is 4.39. The SMILES string of the molecule is Cc1c(Cl)cccc1NC(=O)CSc1nnc(COc2ccc(C(C)C)cc2)n1N. The second-order valence-electron chi connectivity index (χ2n) is 7.03. The van der Waals surface area contributed by atoms with Gasteiger partial charge in [-0.2, -0.15) is 0 Å². The molecule has 1 heterocycles. The van der Waals surface area contributed by atoms with Crippen LogP contribution in [0.25, 0.3) is 0 Å². The Morgan fingerprint density at radius 1 is 1.23 bits per heavy atom. The van der Waals surface area contributed by atoms with E-state index in [0.29, 0.717) is 27.6 Å². The number of thioether (sulfide) groups is 1. The van der Waals surface area contributed by atoms with Gasteiger partial charge in [-0.25, -0.2) is 4.68 Å². The molecule has 0 saturated heterocycles. The number of ether oxygens (including phenoxy) is 1. The molecule has 3 rings (SSSR count). The lowest BCUT2D eigenvalue weighted by atomic mass is 10.0. The van der Waals surface area contributed by atoms with Crippen LogP contribution in [0.4, 0.5) is 5.69 Å². The molecule has 0 unspecified atom stereocenters. The molecule has 158 valence electrons. The monoisotopic (exact) mass is 445 g/mol. The van der Waals surface area contributed by atoms with E-state index < -0.39 is 0 Å². The van der Waals surface area contributed by atoms with Crippen molar-refractivity contribution in [2.75, 3.05) is 16.9 Å². The number of carbonyl (C=O) groups is 1. The van der Waals surface area contributed by atoms with E-state index in [2.05, 4.69) is 29.4 Å². The third kappa shape index (κ3) is 5.46. The molecular weight excluding hydrogens is 422 g/mol. The highest BCUT2D eigenvalue weighted by molar-refractivity contribution is 7.99. The molecule has 0 aliphatic rings. The van der Waals surface area contributed by atoms with Crippen LogP contribution in [-0.2, 0) is 11.4 Å². The second kappa shape index (κ2) is 9.86. The number of aromatic nitrogens is 3. The number of hydrogen-bond acceptors (Lipinski definition) is 6. The van der Waals surface area contributed by atoms with Crippen LogP contribution in [0.1, 0.15) is 36.7 Å². The number of benzene rings is 2. The van der Waals surface area contributed by atoms with E-state index in [0.717, 1.165) is 11.3 Å². The first-order valence-electron chi connectivity index (χ1n) is 9.45. The van der Waals surface area contributed by atoms with Crippen molar-refractivity contribution in [1.82, 2.24) is 14.9 Å². The first-order valence-corrected chi connectivity index (χ1v) is 10.8. The maximum Gasteiger partial charge on any atom is 0.234 e. The first-order chi connectivity index (χ1) is 14.3. The van der Waals surface area contributed by atoms with E-state index in [-0.39, 0.29) is 18.3 Å². The minimum absolute atomic E-state index is 0.138. The average Bonchev–Trinajstić information content (AvgIpc) is 3.08. The maximum absolute atomic E-state index is 12.3. The minimum atomic E-state index is -0.184. The Morgan fingerprint density at radius 3 is 2.67 bits per heavy atom.